The van der Waals surface area contributed by atoms with E-state index in [1.54, 1.807) is 12.2 Å². The van der Waals surface area contributed by atoms with Crippen molar-refractivity contribution < 1.29 is 14.6 Å². The van der Waals surface area contributed by atoms with Gasteiger partial charge in [0.05, 0.1) is 5.41 Å². The molecule has 3 N–H and O–H groups in total. The summed E-state index contributed by atoms with van der Waals surface area (Å²) < 4.78 is 6.15. The van der Waals surface area contributed by atoms with Crippen molar-refractivity contribution in [3.05, 3.63) is 94.7 Å². The van der Waals surface area contributed by atoms with Crippen LogP contribution in [0.5, 0.6) is 0 Å². The number of hydrogen-bond acceptors (Lipinski definition) is 4. The highest BCUT2D eigenvalue weighted by Gasteiger charge is 2.43. The summed E-state index contributed by atoms with van der Waals surface area (Å²) in [5.74, 6) is 0.248. The smallest absolute Gasteiger partial charge is 0.232 e. The molecule has 35 heavy (non-hydrogen) atoms. The number of rotatable bonds is 9. The Morgan fingerprint density at radius 2 is 1.66 bits per heavy atom. The van der Waals surface area contributed by atoms with Crippen molar-refractivity contribution >= 4 is 17.5 Å². The van der Waals surface area contributed by atoms with Crippen LogP contribution in [0, 0.1) is 0 Å². The zero-order valence-electron chi connectivity index (χ0n) is 20.5. The van der Waals surface area contributed by atoms with Gasteiger partial charge in [-0.1, -0.05) is 72.3 Å². The number of nitrogens with zero attached hydrogens (tertiary/aromatic N) is 1. The Kier molecular flexibility index (Phi) is 7.70. The maximum atomic E-state index is 13.1. The molecule has 0 saturated carbocycles. The van der Waals surface area contributed by atoms with E-state index in [2.05, 4.69) is 18.7 Å². The van der Waals surface area contributed by atoms with E-state index < -0.39 is 11.5 Å². The lowest BCUT2D eigenvalue weighted by Crippen LogP contribution is -2.47. The molecule has 1 aliphatic heterocycles. The van der Waals surface area contributed by atoms with Crippen molar-refractivity contribution in [2.75, 3.05) is 13.1 Å². The number of carbonyl (C=O) groups is 1. The van der Waals surface area contributed by atoms with Crippen molar-refractivity contribution in [1.82, 2.24) is 4.90 Å². The normalized spacial score (nSPS) is 21.4. The van der Waals surface area contributed by atoms with E-state index in [1.165, 1.54) is 0 Å². The molecule has 0 radical (unpaired) electrons. The quantitative estimate of drug-likeness (QED) is 0.521. The Balaban J connectivity index is 1.50. The first-order valence-electron chi connectivity index (χ1n) is 12.3. The minimum Gasteiger partial charge on any atom is -0.491 e. The summed E-state index contributed by atoms with van der Waals surface area (Å²) in [7, 11) is 0. The molecule has 1 unspecified atom stereocenters. The van der Waals surface area contributed by atoms with E-state index in [0.29, 0.717) is 23.6 Å². The summed E-state index contributed by atoms with van der Waals surface area (Å²) in [5.41, 5.74) is 6.91. The van der Waals surface area contributed by atoms with Crippen LogP contribution in [-0.2, 0) is 14.9 Å². The molecule has 2 aliphatic rings. The summed E-state index contributed by atoms with van der Waals surface area (Å²) in [6.45, 7) is 6.08. The van der Waals surface area contributed by atoms with Gasteiger partial charge in [0.25, 0.3) is 0 Å². The van der Waals surface area contributed by atoms with Crippen LogP contribution in [0.4, 0.5) is 0 Å². The summed E-state index contributed by atoms with van der Waals surface area (Å²) in [6.07, 6.45) is 5.51. The van der Waals surface area contributed by atoms with Gasteiger partial charge in [-0.3, -0.25) is 9.69 Å². The Morgan fingerprint density at radius 3 is 2.20 bits per heavy atom. The number of benzene rings is 2. The maximum Gasteiger partial charge on any atom is 0.232 e. The van der Waals surface area contributed by atoms with Crippen LogP contribution in [0.2, 0.25) is 0 Å². The standard InChI is InChI=1S/C29H35ClN2O3/c1-28(2,32-18-15-24(20-32)35-26-14-13-23(30)19-25(26)33)16-17-29(27(31)34,21-9-5-3-6-10-21)22-11-7-4-8-12-22/h3-14,24-25,33H,15-20H2,1-2H3,(H2,31,34)/t24-,25?/m0/s1. The number of hydrogen-bond donors (Lipinski definition) is 2. The second kappa shape index (κ2) is 10.6. The number of halogens is 1. The summed E-state index contributed by atoms with van der Waals surface area (Å²) >= 11 is 6.02. The fourth-order valence-electron chi connectivity index (χ4n) is 5.28. The Morgan fingerprint density at radius 1 is 1.06 bits per heavy atom. The minimum absolute atomic E-state index is 0.00425. The van der Waals surface area contributed by atoms with E-state index in [0.717, 1.165) is 37.1 Å². The van der Waals surface area contributed by atoms with Crippen LogP contribution >= 0.6 is 11.6 Å². The highest BCUT2D eigenvalue weighted by molar-refractivity contribution is 6.29. The van der Waals surface area contributed by atoms with Gasteiger partial charge in [-0.15, -0.1) is 0 Å². The van der Waals surface area contributed by atoms with Gasteiger partial charge in [0.2, 0.25) is 5.91 Å². The Hall–Kier alpha value is -2.60. The van der Waals surface area contributed by atoms with Crippen molar-refractivity contribution in [1.29, 1.82) is 0 Å². The lowest BCUT2D eigenvalue weighted by Gasteiger charge is -2.40. The van der Waals surface area contributed by atoms with Crippen LogP contribution in [0.25, 0.3) is 0 Å². The average molecular weight is 495 g/mol. The van der Waals surface area contributed by atoms with E-state index in [9.17, 15) is 9.90 Å². The van der Waals surface area contributed by atoms with Gasteiger partial charge in [-0.05, 0) is 56.4 Å². The van der Waals surface area contributed by atoms with Crippen molar-refractivity contribution in [3.63, 3.8) is 0 Å². The van der Waals surface area contributed by atoms with Gasteiger partial charge in [-0.2, -0.15) is 0 Å². The molecule has 0 bridgehead atoms. The SMILES string of the molecule is CC(C)(CCC(C(N)=O)(c1ccccc1)c1ccccc1)N1CC[C@H](OC2=CC=C(Cl)CC2O)C1. The second-order valence-electron chi connectivity index (χ2n) is 10.2. The van der Waals surface area contributed by atoms with Gasteiger partial charge in [0.15, 0.2) is 0 Å². The number of nitrogens with two attached hydrogens (primary N) is 1. The highest BCUT2D eigenvalue weighted by Crippen LogP contribution is 2.40. The number of primary amides is 1. The summed E-state index contributed by atoms with van der Waals surface area (Å²) in [6, 6.07) is 19.7. The second-order valence-corrected chi connectivity index (χ2v) is 10.7. The van der Waals surface area contributed by atoms with Crippen molar-refractivity contribution in [2.24, 2.45) is 5.73 Å². The molecule has 2 aromatic rings. The van der Waals surface area contributed by atoms with Crippen LogP contribution in [-0.4, -0.2) is 46.7 Å². The van der Waals surface area contributed by atoms with Crippen LogP contribution in [0.1, 0.15) is 50.7 Å². The monoisotopic (exact) mass is 494 g/mol. The predicted molar refractivity (Wildman–Crippen MR) is 140 cm³/mol. The molecular formula is C29H35ClN2O3. The fraction of sp³-hybridized carbons (Fsp3) is 0.414. The maximum absolute atomic E-state index is 13.1. The van der Waals surface area contributed by atoms with E-state index in [-0.39, 0.29) is 17.6 Å². The zero-order chi connectivity index (χ0) is 25.1. The molecule has 1 saturated heterocycles. The van der Waals surface area contributed by atoms with Gasteiger partial charge in [0, 0.05) is 30.1 Å². The molecule has 186 valence electrons. The first kappa shape index (κ1) is 25.5. The highest BCUT2D eigenvalue weighted by atomic mass is 35.5. The molecule has 2 aromatic carbocycles. The molecule has 0 spiro atoms. The summed E-state index contributed by atoms with van der Waals surface area (Å²) in [5, 5.41) is 10.9. The summed E-state index contributed by atoms with van der Waals surface area (Å²) in [4.78, 5) is 15.5. The third kappa shape index (κ3) is 5.48. The average Bonchev–Trinajstić information content (AvgIpc) is 3.32. The lowest BCUT2D eigenvalue weighted by atomic mass is 9.69. The number of aliphatic hydroxyl groups excluding tert-OH is 1. The fourth-order valence-corrected chi connectivity index (χ4v) is 5.49. The molecule has 1 amide bonds. The van der Waals surface area contributed by atoms with Gasteiger partial charge in [-0.25, -0.2) is 0 Å². The Labute approximate surface area is 213 Å². The number of aliphatic hydroxyl groups is 1. The molecule has 0 aromatic heterocycles. The first-order valence-corrected chi connectivity index (χ1v) is 12.7. The zero-order valence-corrected chi connectivity index (χ0v) is 21.2. The number of amides is 1. The third-order valence-electron chi connectivity index (χ3n) is 7.51. The number of ether oxygens (including phenoxy) is 1. The van der Waals surface area contributed by atoms with Gasteiger partial charge in [0.1, 0.15) is 18.0 Å². The van der Waals surface area contributed by atoms with Crippen LogP contribution in [0.15, 0.2) is 83.6 Å². The van der Waals surface area contributed by atoms with Crippen LogP contribution in [0.3, 0.4) is 0 Å². The van der Waals surface area contributed by atoms with E-state index >= 15 is 0 Å². The van der Waals surface area contributed by atoms with E-state index in [4.69, 9.17) is 22.1 Å². The number of likely N-dealkylation sites (tertiary alicyclic amines) is 1. The molecule has 1 fully saturated rings. The van der Waals surface area contributed by atoms with Crippen molar-refractivity contribution in [3.8, 4) is 0 Å². The molecule has 6 heteroatoms. The molecule has 1 heterocycles. The van der Waals surface area contributed by atoms with Crippen molar-refractivity contribution in [2.45, 2.75) is 62.7 Å². The van der Waals surface area contributed by atoms with Gasteiger partial charge < -0.3 is 15.6 Å². The molecule has 1 aliphatic carbocycles. The van der Waals surface area contributed by atoms with Gasteiger partial charge >= 0.3 is 0 Å². The predicted octanol–water partition coefficient (Wildman–Crippen LogP) is 4.88. The molecular weight excluding hydrogens is 460 g/mol. The number of allylic oxidation sites excluding steroid dienone is 2. The van der Waals surface area contributed by atoms with Crippen LogP contribution < -0.4 is 5.73 Å². The number of carbonyl (C=O) groups excluding carboxylic acids is 1. The van der Waals surface area contributed by atoms with E-state index in [1.807, 2.05) is 60.7 Å². The lowest BCUT2D eigenvalue weighted by molar-refractivity contribution is -0.122. The largest absolute Gasteiger partial charge is 0.491 e. The first-order chi connectivity index (χ1) is 16.7. The topological polar surface area (TPSA) is 75.8 Å². The molecule has 4 rings (SSSR count). The molecule has 5 nitrogen and oxygen atoms in total. The minimum atomic E-state index is -0.905. The third-order valence-corrected chi connectivity index (χ3v) is 7.79. The Bertz CT molecular complexity index is 1040. The molecule has 2 atom stereocenters.